The summed E-state index contributed by atoms with van der Waals surface area (Å²) < 4.78 is 83.0. The number of methoxy groups -OCH3 is 1. The van der Waals surface area contributed by atoms with E-state index in [2.05, 4.69) is 10.3 Å². The lowest BCUT2D eigenvalue weighted by Gasteiger charge is -2.42. The predicted octanol–water partition coefficient (Wildman–Crippen LogP) is 6.06. The van der Waals surface area contributed by atoms with Crippen LogP contribution in [-0.4, -0.2) is 45.8 Å². The minimum Gasteiger partial charge on any atom is -0.481 e. The number of pyridine rings is 1. The fourth-order valence-electron chi connectivity index (χ4n) is 2.99. The van der Waals surface area contributed by atoms with Gasteiger partial charge in [0.25, 0.3) is 18.2 Å². The molecule has 0 saturated carbocycles. The largest absolute Gasteiger partial charge is 0.481 e. The first-order valence-corrected chi connectivity index (χ1v) is 12.4. The maximum absolute atomic E-state index is 15.8. The lowest BCUT2D eigenvalue weighted by molar-refractivity contribution is -0.183. The van der Waals surface area contributed by atoms with Crippen molar-refractivity contribution in [2.45, 2.75) is 69.4 Å². The monoisotopic (exact) mass is 512 g/mol. The molecular formula is C19H31Cl2F5N2O2Si. The van der Waals surface area contributed by atoms with Gasteiger partial charge in [-0.3, -0.25) is 0 Å². The van der Waals surface area contributed by atoms with Crippen LogP contribution in [0.15, 0.2) is 12.3 Å². The normalized spacial score (nSPS) is 21.0. The number of alkyl halides is 5. The van der Waals surface area contributed by atoms with Gasteiger partial charge in [0.05, 0.1) is 18.6 Å². The molecule has 0 amide bonds. The summed E-state index contributed by atoms with van der Waals surface area (Å²) in [5.74, 6) is -8.33. The van der Waals surface area contributed by atoms with E-state index in [0.29, 0.717) is 0 Å². The van der Waals surface area contributed by atoms with E-state index in [0.717, 1.165) is 19.4 Å². The van der Waals surface area contributed by atoms with Crippen molar-refractivity contribution in [3.63, 3.8) is 0 Å². The molecule has 1 aliphatic rings. The Kier molecular flexibility index (Phi) is 10.3. The van der Waals surface area contributed by atoms with Gasteiger partial charge in [0, 0.05) is 25.7 Å². The number of piperidine rings is 1. The average molecular weight is 513 g/mol. The summed E-state index contributed by atoms with van der Waals surface area (Å²) >= 11 is 0. The topological polar surface area (TPSA) is 43.4 Å². The zero-order chi connectivity index (χ0) is 22.3. The number of nitrogens with one attached hydrogen (secondary N) is 1. The van der Waals surface area contributed by atoms with Crippen LogP contribution in [0.25, 0.3) is 0 Å². The van der Waals surface area contributed by atoms with Crippen molar-refractivity contribution in [1.82, 2.24) is 10.3 Å². The lowest BCUT2D eigenvalue weighted by atomic mass is 9.87. The molecule has 1 aromatic rings. The molecule has 31 heavy (non-hydrogen) atoms. The van der Waals surface area contributed by atoms with Crippen molar-refractivity contribution in [3.8, 4) is 5.88 Å². The minimum atomic E-state index is -3.56. The number of halogens is 7. The second-order valence-electron chi connectivity index (χ2n) is 8.90. The molecule has 2 unspecified atom stereocenters. The summed E-state index contributed by atoms with van der Waals surface area (Å²) in [6, 6.07) is 0.983. The third-order valence-electron chi connectivity index (χ3n) is 5.82. The molecule has 0 aliphatic carbocycles. The summed E-state index contributed by atoms with van der Waals surface area (Å²) in [7, 11) is -1.85. The molecule has 0 bridgehead atoms. The standard InChI is InChI=1S/C19H29F5N2O2Si.2ClH/c1-17(2,3)29(5,6)28-19(24,16(20)21)13-9-12(10-26-15(13)27-4)14-11-25-8-7-18(14,22)23;;/h9-10,14,16,25H,7-8,11H2,1-6H3;2*1H. The Labute approximate surface area is 193 Å². The first-order valence-electron chi connectivity index (χ1n) is 9.46. The molecule has 2 heterocycles. The van der Waals surface area contributed by atoms with Gasteiger partial charge in [0.2, 0.25) is 5.88 Å². The molecule has 12 heteroatoms. The Morgan fingerprint density at radius 3 is 2.26 bits per heavy atom. The number of aromatic nitrogens is 1. The number of ether oxygens (including phenoxy) is 1. The smallest absolute Gasteiger partial charge is 0.300 e. The van der Waals surface area contributed by atoms with Gasteiger partial charge in [-0.15, -0.1) is 24.8 Å². The van der Waals surface area contributed by atoms with Crippen LogP contribution in [-0.2, 0) is 10.3 Å². The Balaban J connectivity index is 0.00000450. The van der Waals surface area contributed by atoms with Crippen molar-refractivity contribution in [2.75, 3.05) is 20.2 Å². The van der Waals surface area contributed by atoms with Crippen LogP contribution in [0.2, 0.25) is 18.1 Å². The minimum absolute atomic E-state index is 0. The highest BCUT2D eigenvalue weighted by molar-refractivity contribution is 6.74. The molecule has 1 aliphatic heterocycles. The first kappa shape index (κ1) is 30.3. The Bertz CT molecular complexity index is 738. The van der Waals surface area contributed by atoms with E-state index in [-0.39, 0.29) is 43.5 Å². The summed E-state index contributed by atoms with van der Waals surface area (Å²) in [5.41, 5.74) is -0.710. The van der Waals surface area contributed by atoms with Crippen molar-refractivity contribution in [3.05, 3.63) is 23.4 Å². The van der Waals surface area contributed by atoms with Crippen LogP contribution >= 0.6 is 24.8 Å². The molecule has 4 nitrogen and oxygen atoms in total. The van der Waals surface area contributed by atoms with Crippen LogP contribution < -0.4 is 10.1 Å². The van der Waals surface area contributed by atoms with Gasteiger partial charge >= 0.3 is 0 Å². The molecule has 182 valence electrons. The van der Waals surface area contributed by atoms with Crippen molar-refractivity contribution in [1.29, 1.82) is 0 Å². The van der Waals surface area contributed by atoms with Gasteiger partial charge in [-0.25, -0.2) is 26.9 Å². The highest BCUT2D eigenvalue weighted by atomic mass is 35.5. The summed E-state index contributed by atoms with van der Waals surface area (Å²) in [6.07, 6.45) is -2.85. The molecule has 0 radical (unpaired) electrons. The summed E-state index contributed by atoms with van der Waals surface area (Å²) in [5, 5.41) is 2.29. The van der Waals surface area contributed by atoms with Crippen molar-refractivity contribution < 1.29 is 31.1 Å². The molecule has 1 fully saturated rings. The highest BCUT2D eigenvalue weighted by Gasteiger charge is 2.54. The Hall–Kier alpha value is -0.683. The van der Waals surface area contributed by atoms with Gasteiger partial charge in [-0.1, -0.05) is 20.8 Å². The van der Waals surface area contributed by atoms with Crippen molar-refractivity contribution in [2.24, 2.45) is 0 Å². The maximum Gasteiger partial charge on any atom is 0.300 e. The molecule has 0 spiro atoms. The van der Waals surface area contributed by atoms with E-state index >= 15 is 4.39 Å². The van der Waals surface area contributed by atoms with Gasteiger partial charge in [-0.05, 0) is 29.8 Å². The molecule has 1 N–H and O–H groups in total. The van der Waals surface area contributed by atoms with Gasteiger partial charge in [0.15, 0.2) is 8.32 Å². The SMILES string of the molecule is COc1ncc(C2CNCCC2(F)F)cc1C(F)(O[Si](C)(C)C(C)(C)C)C(F)F.Cl.Cl. The van der Waals surface area contributed by atoms with E-state index in [1.165, 1.54) is 0 Å². The van der Waals surface area contributed by atoms with Crippen LogP contribution in [0.1, 0.15) is 44.2 Å². The Morgan fingerprint density at radius 2 is 1.81 bits per heavy atom. The van der Waals surface area contributed by atoms with Crippen LogP contribution in [0.3, 0.4) is 0 Å². The second kappa shape index (κ2) is 10.5. The second-order valence-corrected chi connectivity index (χ2v) is 13.6. The molecular weight excluding hydrogens is 482 g/mol. The highest BCUT2D eigenvalue weighted by Crippen LogP contribution is 2.48. The first-order chi connectivity index (χ1) is 13.2. The van der Waals surface area contributed by atoms with Crippen LogP contribution in [0, 0.1) is 0 Å². The summed E-state index contributed by atoms with van der Waals surface area (Å²) in [6.45, 7) is 8.68. The van der Waals surface area contributed by atoms with Gasteiger partial charge < -0.3 is 14.5 Å². The third-order valence-corrected chi connectivity index (χ3v) is 10.2. The number of rotatable bonds is 6. The zero-order valence-electron chi connectivity index (χ0n) is 18.4. The van der Waals surface area contributed by atoms with Crippen LogP contribution in [0.5, 0.6) is 5.88 Å². The quantitative estimate of drug-likeness (QED) is 0.371. The lowest BCUT2D eigenvalue weighted by Crippen LogP contribution is -2.49. The fraction of sp³-hybridized carbons (Fsp3) is 0.737. The average Bonchev–Trinajstić information content (AvgIpc) is 2.59. The maximum atomic E-state index is 15.8. The number of hydrogen-bond acceptors (Lipinski definition) is 4. The van der Waals surface area contributed by atoms with Gasteiger partial charge in [0.1, 0.15) is 0 Å². The third kappa shape index (κ3) is 6.22. The molecule has 2 atom stereocenters. The summed E-state index contributed by atoms with van der Waals surface area (Å²) in [4.78, 5) is 3.86. The Morgan fingerprint density at radius 1 is 1.23 bits per heavy atom. The van der Waals surface area contributed by atoms with Crippen LogP contribution in [0.4, 0.5) is 22.0 Å². The fourth-order valence-corrected chi connectivity index (χ4v) is 4.24. The van der Waals surface area contributed by atoms with E-state index in [4.69, 9.17) is 9.16 Å². The molecule has 1 aromatic heterocycles. The molecule has 1 saturated heterocycles. The predicted molar refractivity (Wildman–Crippen MR) is 118 cm³/mol. The van der Waals surface area contributed by atoms with Crippen molar-refractivity contribution >= 4 is 33.1 Å². The number of hydrogen-bond donors (Lipinski definition) is 1. The molecule has 2 rings (SSSR count). The molecule has 0 aromatic carbocycles. The zero-order valence-corrected chi connectivity index (χ0v) is 21.0. The number of nitrogens with zero attached hydrogens (tertiary/aromatic N) is 1. The van der Waals surface area contributed by atoms with E-state index in [1.807, 2.05) is 0 Å². The van der Waals surface area contributed by atoms with E-state index < -0.39 is 55.3 Å². The van der Waals surface area contributed by atoms with E-state index in [9.17, 15) is 17.6 Å². The van der Waals surface area contributed by atoms with Gasteiger partial charge in [-0.2, -0.15) is 0 Å². The van der Waals surface area contributed by atoms with E-state index in [1.54, 1.807) is 33.9 Å².